The smallest absolute Gasteiger partial charge is 0.390 e. The van der Waals surface area contributed by atoms with Crippen molar-refractivity contribution in [1.29, 1.82) is 0 Å². The number of halogens is 3. The molecule has 5 nitrogen and oxygen atoms in total. The van der Waals surface area contributed by atoms with E-state index >= 15 is 0 Å². The van der Waals surface area contributed by atoms with E-state index in [-0.39, 0.29) is 6.04 Å². The summed E-state index contributed by atoms with van der Waals surface area (Å²) < 4.78 is 35.9. The molecule has 0 atom stereocenters. The molecule has 8 heteroatoms. The number of aliphatic carboxylic acids is 1. The third-order valence-electron chi connectivity index (χ3n) is 3.02. The van der Waals surface area contributed by atoms with Gasteiger partial charge in [-0.2, -0.15) is 13.2 Å². The first-order valence-corrected chi connectivity index (χ1v) is 6.12. The number of carbonyl (C=O) groups is 2. The molecule has 1 saturated carbocycles. The molecule has 2 amide bonds. The highest BCUT2D eigenvalue weighted by atomic mass is 19.4. The van der Waals surface area contributed by atoms with E-state index in [9.17, 15) is 22.8 Å². The van der Waals surface area contributed by atoms with Crippen LogP contribution in [-0.4, -0.2) is 47.3 Å². The lowest BCUT2D eigenvalue weighted by Gasteiger charge is -2.27. The van der Waals surface area contributed by atoms with Crippen molar-refractivity contribution in [2.24, 2.45) is 0 Å². The summed E-state index contributed by atoms with van der Waals surface area (Å²) in [6.45, 7) is -1.02. The molecule has 1 aliphatic carbocycles. The van der Waals surface area contributed by atoms with Crippen molar-refractivity contribution in [2.45, 2.75) is 44.3 Å². The van der Waals surface area contributed by atoms with Crippen LogP contribution in [0.1, 0.15) is 32.1 Å². The molecule has 0 aromatic heterocycles. The standard InChI is InChI=1S/C11H17F3N2O3/c12-11(13,14)5-6-15-10(19)16(7-9(17)18)8-3-1-2-4-8/h8H,1-7H2,(H,15,19)(H,17,18). The molecule has 0 aliphatic heterocycles. The highest BCUT2D eigenvalue weighted by Crippen LogP contribution is 2.23. The van der Waals surface area contributed by atoms with Crippen LogP contribution in [0.4, 0.5) is 18.0 Å². The van der Waals surface area contributed by atoms with Crippen LogP contribution in [0, 0.1) is 0 Å². The van der Waals surface area contributed by atoms with Crippen molar-refractivity contribution in [3.8, 4) is 0 Å². The van der Waals surface area contributed by atoms with Gasteiger partial charge < -0.3 is 15.3 Å². The maximum absolute atomic E-state index is 12.0. The predicted molar refractivity (Wildman–Crippen MR) is 60.7 cm³/mol. The fourth-order valence-electron chi connectivity index (χ4n) is 2.14. The lowest BCUT2D eigenvalue weighted by molar-refractivity contribution is -0.138. The Balaban J connectivity index is 2.49. The van der Waals surface area contributed by atoms with E-state index in [1.54, 1.807) is 0 Å². The van der Waals surface area contributed by atoms with Crippen molar-refractivity contribution in [1.82, 2.24) is 10.2 Å². The van der Waals surface area contributed by atoms with Crippen LogP contribution >= 0.6 is 0 Å². The average Bonchev–Trinajstić information content (AvgIpc) is 2.76. The number of carboxylic acids is 1. The zero-order valence-corrected chi connectivity index (χ0v) is 10.4. The molecule has 0 radical (unpaired) electrons. The highest BCUT2D eigenvalue weighted by Gasteiger charge is 2.30. The summed E-state index contributed by atoms with van der Waals surface area (Å²) in [5.41, 5.74) is 0. The minimum atomic E-state index is -4.34. The number of carbonyl (C=O) groups excluding carboxylic acids is 1. The topological polar surface area (TPSA) is 69.6 Å². The van der Waals surface area contributed by atoms with E-state index in [1.165, 1.54) is 0 Å². The molecule has 1 rings (SSSR count). The van der Waals surface area contributed by atoms with E-state index in [0.717, 1.165) is 17.7 Å². The third kappa shape index (κ3) is 5.80. The van der Waals surface area contributed by atoms with E-state index in [4.69, 9.17) is 5.11 Å². The van der Waals surface area contributed by atoms with Gasteiger partial charge in [-0.05, 0) is 12.8 Å². The van der Waals surface area contributed by atoms with E-state index < -0.39 is 37.7 Å². The Morgan fingerprint density at radius 2 is 1.84 bits per heavy atom. The summed E-state index contributed by atoms with van der Waals surface area (Å²) in [5, 5.41) is 10.9. The number of hydrogen-bond donors (Lipinski definition) is 2. The number of urea groups is 1. The summed E-state index contributed by atoms with van der Waals surface area (Å²) in [4.78, 5) is 23.6. The quantitative estimate of drug-likeness (QED) is 0.810. The van der Waals surface area contributed by atoms with Gasteiger partial charge in [0.2, 0.25) is 0 Å². The molecule has 19 heavy (non-hydrogen) atoms. The van der Waals surface area contributed by atoms with E-state index in [0.29, 0.717) is 12.8 Å². The largest absolute Gasteiger partial charge is 0.480 e. The molecule has 0 bridgehead atoms. The minimum Gasteiger partial charge on any atom is -0.480 e. The van der Waals surface area contributed by atoms with Crippen LogP contribution in [0.2, 0.25) is 0 Å². The Labute approximate surface area is 108 Å². The molecular weight excluding hydrogens is 265 g/mol. The van der Waals surface area contributed by atoms with E-state index in [1.807, 2.05) is 0 Å². The molecule has 0 aromatic rings. The Morgan fingerprint density at radius 1 is 1.26 bits per heavy atom. The fourth-order valence-corrected chi connectivity index (χ4v) is 2.14. The monoisotopic (exact) mass is 282 g/mol. The van der Waals surface area contributed by atoms with Crippen LogP contribution in [0.15, 0.2) is 0 Å². The maximum Gasteiger partial charge on any atom is 0.390 e. The Bertz CT molecular complexity index is 328. The maximum atomic E-state index is 12.0. The number of nitrogens with one attached hydrogen (secondary N) is 1. The summed E-state index contributed by atoms with van der Waals surface area (Å²) in [6, 6.07) is -0.930. The van der Waals surface area contributed by atoms with Gasteiger partial charge in [-0.3, -0.25) is 4.79 Å². The second-order valence-corrected chi connectivity index (χ2v) is 4.56. The summed E-state index contributed by atoms with van der Waals surface area (Å²) in [7, 11) is 0. The zero-order chi connectivity index (χ0) is 14.5. The molecular formula is C11H17F3N2O3. The van der Waals surface area contributed by atoms with Gasteiger partial charge in [0.1, 0.15) is 6.54 Å². The lowest BCUT2D eigenvalue weighted by atomic mass is 10.2. The van der Waals surface area contributed by atoms with Crippen molar-refractivity contribution in [3.05, 3.63) is 0 Å². The molecule has 110 valence electrons. The number of carboxylic acid groups (broad SMARTS) is 1. The predicted octanol–water partition coefficient (Wildman–Crippen LogP) is 1.98. The van der Waals surface area contributed by atoms with E-state index in [2.05, 4.69) is 5.32 Å². The van der Waals surface area contributed by atoms with Crippen LogP contribution in [-0.2, 0) is 4.79 Å². The van der Waals surface area contributed by atoms with Gasteiger partial charge in [-0.1, -0.05) is 12.8 Å². The lowest BCUT2D eigenvalue weighted by Crippen LogP contribution is -2.48. The first-order chi connectivity index (χ1) is 8.79. The molecule has 0 unspecified atom stereocenters. The van der Waals surface area contributed by atoms with Crippen molar-refractivity contribution in [3.63, 3.8) is 0 Å². The highest BCUT2D eigenvalue weighted by molar-refractivity contribution is 5.80. The van der Waals surface area contributed by atoms with Gasteiger partial charge >= 0.3 is 18.2 Å². The second-order valence-electron chi connectivity index (χ2n) is 4.56. The fraction of sp³-hybridized carbons (Fsp3) is 0.818. The molecule has 0 heterocycles. The Hall–Kier alpha value is -1.47. The second kappa shape index (κ2) is 6.63. The SMILES string of the molecule is O=C(O)CN(C(=O)NCCC(F)(F)F)C1CCCC1. The molecule has 0 spiro atoms. The van der Waals surface area contributed by atoms with Gasteiger partial charge in [0.25, 0.3) is 0 Å². The average molecular weight is 282 g/mol. The Morgan fingerprint density at radius 3 is 2.32 bits per heavy atom. The zero-order valence-electron chi connectivity index (χ0n) is 10.4. The molecule has 1 aliphatic rings. The molecule has 2 N–H and O–H groups in total. The molecule has 1 fully saturated rings. The van der Waals surface area contributed by atoms with Crippen molar-refractivity contribution < 1.29 is 27.9 Å². The summed E-state index contributed by atoms with van der Waals surface area (Å²) in [5.74, 6) is -1.17. The van der Waals surface area contributed by atoms with Gasteiger partial charge in [0, 0.05) is 12.6 Å². The molecule has 0 aromatic carbocycles. The Kier molecular flexibility index (Phi) is 5.44. The van der Waals surface area contributed by atoms with Crippen molar-refractivity contribution in [2.75, 3.05) is 13.1 Å². The number of rotatable bonds is 5. The molecule has 0 saturated heterocycles. The summed E-state index contributed by atoms with van der Waals surface area (Å²) >= 11 is 0. The number of nitrogens with zero attached hydrogens (tertiary/aromatic N) is 1. The number of amides is 2. The minimum absolute atomic E-state index is 0.193. The van der Waals surface area contributed by atoms with Crippen LogP contribution in [0.25, 0.3) is 0 Å². The van der Waals surface area contributed by atoms with Gasteiger partial charge in [0.15, 0.2) is 0 Å². The van der Waals surface area contributed by atoms with Crippen LogP contribution in [0.3, 0.4) is 0 Å². The normalized spacial score (nSPS) is 16.4. The first-order valence-electron chi connectivity index (χ1n) is 6.12. The van der Waals surface area contributed by atoms with Crippen molar-refractivity contribution >= 4 is 12.0 Å². The van der Waals surface area contributed by atoms with Gasteiger partial charge in [-0.25, -0.2) is 4.79 Å². The summed E-state index contributed by atoms with van der Waals surface area (Å²) in [6.07, 6.45) is -2.27. The van der Waals surface area contributed by atoms with Gasteiger partial charge in [-0.15, -0.1) is 0 Å². The van der Waals surface area contributed by atoms with Crippen LogP contribution < -0.4 is 5.32 Å². The number of hydrogen-bond acceptors (Lipinski definition) is 2. The first kappa shape index (κ1) is 15.6. The van der Waals surface area contributed by atoms with Crippen LogP contribution in [0.5, 0.6) is 0 Å². The number of alkyl halides is 3. The third-order valence-corrected chi connectivity index (χ3v) is 3.02. The van der Waals surface area contributed by atoms with Gasteiger partial charge in [0.05, 0.1) is 6.42 Å².